The first-order valence-corrected chi connectivity index (χ1v) is 5.95. The van der Waals surface area contributed by atoms with E-state index in [0.29, 0.717) is 29.1 Å². The molecule has 0 amide bonds. The van der Waals surface area contributed by atoms with Crippen LogP contribution < -0.4 is 0 Å². The van der Waals surface area contributed by atoms with Crippen LogP contribution in [0.25, 0.3) is 10.9 Å². The van der Waals surface area contributed by atoms with E-state index < -0.39 is 4.92 Å². The molecule has 0 radical (unpaired) electrons. The highest BCUT2D eigenvalue weighted by molar-refractivity contribution is 6.34. The molecule has 2 aromatic rings. The summed E-state index contributed by atoms with van der Waals surface area (Å²) in [5.41, 5.74) is 1.23. The molecule has 0 fully saturated rings. The second kappa shape index (κ2) is 4.53. The number of fused-ring (bicyclic) bond motifs is 1. The number of halogens is 1. The molecule has 0 aromatic carbocycles. The number of rotatable bonds is 3. The topological polar surface area (TPSA) is 73.8 Å². The first-order chi connectivity index (χ1) is 8.43. The normalized spacial score (nSPS) is 11.4. The van der Waals surface area contributed by atoms with Crippen LogP contribution in [0.2, 0.25) is 5.15 Å². The fourth-order valence-electron chi connectivity index (χ4n) is 2.10. The van der Waals surface area contributed by atoms with Crippen molar-refractivity contribution in [2.24, 2.45) is 5.92 Å². The van der Waals surface area contributed by atoms with Gasteiger partial charge >= 0.3 is 0 Å². The highest BCUT2D eigenvalue weighted by Gasteiger charge is 2.25. The van der Waals surface area contributed by atoms with Crippen molar-refractivity contribution in [1.29, 1.82) is 0 Å². The van der Waals surface area contributed by atoms with Crippen LogP contribution in [0.1, 0.15) is 19.5 Å². The Morgan fingerprint density at radius 3 is 2.78 bits per heavy atom. The van der Waals surface area contributed by atoms with Crippen LogP contribution in [0.15, 0.2) is 6.20 Å². The summed E-state index contributed by atoms with van der Waals surface area (Å²) < 4.78 is 1.84. The minimum Gasteiger partial charge on any atom is -0.336 e. The van der Waals surface area contributed by atoms with Crippen molar-refractivity contribution in [3.63, 3.8) is 0 Å². The zero-order valence-corrected chi connectivity index (χ0v) is 11.1. The van der Waals surface area contributed by atoms with Gasteiger partial charge in [0.15, 0.2) is 5.15 Å². The average Bonchev–Trinajstić information content (AvgIpc) is 2.52. The fourth-order valence-corrected chi connectivity index (χ4v) is 2.35. The first-order valence-electron chi connectivity index (χ1n) is 5.57. The molecule has 0 unspecified atom stereocenters. The minimum atomic E-state index is -0.396. The van der Waals surface area contributed by atoms with Crippen LogP contribution >= 0.6 is 11.6 Å². The molecule has 0 bridgehead atoms. The Morgan fingerprint density at radius 1 is 1.56 bits per heavy atom. The zero-order valence-electron chi connectivity index (χ0n) is 10.3. The summed E-state index contributed by atoms with van der Waals surface area (Å²) in [6.45, 7) is 6.46. The molecule has 7 heteroatoms. The predicted molar refractivity (Wildman–Crippen MR) is 68.8 cm³/mol. The molecule has 0 aliphatic rings. The summed E-state index contributed by atoms with van der Waals surface area (Å²) in [5, 5.41) is 19.2. The SMILES string of the molecule is Cc1c([N+](=O)[O-])c2cnnc(Cl)c2n1CC(C)C. The molecule has 18 heavy (non-hydrogen) atoms. The molecule has 6 nitrogen and oxygen atoms in total. The van der Waals surface area contributed by atoms with Crippen LogP contribution in [0.3, 0.4) is 0 Å². The van der Waals surface area contributed by atoms with Crippen molar-refractivity contribution in [3.8, 4) is 0 Å². The van der Waals surface area contributed by atoms with Gasteiger partial charge in [-0.05, 0) is 12.8 Å². The van der Waals surface area contributed by atoms with Crippen molar-refractivity contribution in [2.75, 3.05) is 0 Å². The Morgan fingerprint density at radius 2 is 2.22 bits per heavy atom. The van der Waals surface area contributed by atoms with Crippen LogP contribution in [-0.4, -0.2) is 19.7 Å². The lowest BCUT2D eigenvalue weighted by atomic mass is 10.2. The number of aromatic nitrogens is 3. The maximum atomic E-state index is 11.1. The number of hydrogen-bond acceptors (Lipinski definition) is 4. The summed E-state index contributed by atoms with van der Waals surface area (Å²) in [6, 6.07) is 0. The molecular weight excluding hydrogens is 256 g/mol. The van der Waals surface area contributed by atoms with E-state index in [4.69, 9.17) is 11.6 Å². The molecule has 0 saturated carbocycles. The van der Waals surface area contributed by atoms with Gasteiger partial charge in [-0.3, -0.25) is 10.1 Å². The van der Waals surface area contributed by atoms with E-state index in [-0.39, 0.29) is 10.8 Å². The van der Waals surface area contributed by atoms with Gasteiger partial charge in [0, 0.05) is 6.54 Å². The van der Waals surface area contributed by atoms with E-state index in [1.165, 1.54) is 6.20 Å². The maximum absolute atomic E-state index is 11.1. The third-order valence-electron chi connectivity index (χ3n) is 2.79. The van der Waals surface area contributed by atoms with Crippen molar-refractivity contribution < 1.29 is 4.92 Å². The Kier molecular flexibility index (Phi) is 3.21. The van der Waals surface area contributed by atoms with Crippen molar-refractivity contribution in [2.45, 2.75) is 27.3 Å². The van der Waals surface area contributed by atoms with Gasteiger partial charge in [0.2, 0.25) is 0 Å². The zero-order chi connectivity index (χ0) is 13.4. The van der Waals surface area contributed by atoms with E-state index in [1.54, 1.807) is 6.92 Å². The molecule has 0 saturated heterocycles. The van der Waals surface area contributed by atoms with E-state index in [9.17, 15) is 10.1 Å². The molecule has 96 valence electrons. The summed E-state index contributed by atoms with van der Waals surface area (Å²) in [6.07, 6.45) is 1.39. The van der Waals surface area contributed by atoms with Crippen molar-refractivity contribution in [3.05, 3.63) is 27.2 Å². The molecule has 0 aliphatic heterocycles. The van der Waals surface area contributed by atoms with E-state index >= 15 is 0 Å². The van der Waals surface area contributed by atoms with Crippen molar-refractivity contribution in [1.82, 2.24) is 14.8 Å². The maximum Gasteiger partial charge on any atom is 0.299 e. The molecular formula is C11H13ClN4O2. The van der Waals surface area contributed by atoms with E-state index in [1.807, 2.05) is 18.4 Å². The van der Waals surface area contributed by atoms with Gasteiger partial charge in [-0.2, -0.15) is 5.10 Å². The lowest BCUT2D eigenvalue weighted by molar-refractivity contribution is -0.383. The van der Waals surface area contributed by atoms with Gasteiger partial charge in [0.25, 0.3) is 5.69 Å². The van der Waals surface area contributed by atoms with Gasteiger partial charge in [-0.25, -0.2) is 0 Å². The predicted octanol–water partition coefficient (Wildman–Crippen LogP) is 2.96. The lowest BCUT2D eigenvalue weighted by Crippen LogP contribution is -2.06. The molecule has 2 rings (SSSR count). The Balaban J connectivity index is 2.83. The second-order valence-electron chi connectivity index (χ2n) is 4.59. The Bertz CT molecular complexity index is 621. The average molecular weight is 269 g/mol. The van der Waals surface area contributed by atoms with Gasteiger partial charge in [0.1, 0.15) is 5.39 Å². The highest BCUT2D eigenvalue weighted by Crippen LogP contribution is 2.35. The summed E-state index contributed by atoms with van der Waals surface area (Å²) in [5.74, 6) is 0.350. The third kappa shape index (κ3) is 1.92. The van der Waals surface area contributed by atoms with Gasteiger partial charge in [0.05, 0.1) is 22.3 Å². The standard InChI is InChI=1S/C11H13ClN4O2/c1-6(2)5-15-7(3)9(16(17)18)8-4-13-14-11(12)10(8)15/h4,6H,5H2,1-3H3. The van der Waals surface area contributed by atoms with Gasteiger partial charge in [-0.15, -0.1) is 5.10 Å². The third-order valence-corrected chi connectivity index (χ3v) is 3.04. The summed E-state index contributed by atoms with van der Waals surface area (Å²) >= 11 is 6.02. The molecule has 2 aromatic heterocycles. The number of nitrogens with zero attached hydrogens (tertiary/aromatic N) is 4. The van der Waals surface area contributed by atoms with Crippen LogP contribution in [0, 0.1) is 23.0 Å². The Labute approximate surface area is 109 Å². The van der Waals surface area contributed by atoms with E-state index in [2.05, 4.69) is 10.2 Å². The molecule has 0 spiro atoms. The lowest BCUT2D eigenvalue weighted by Gasteiger charge is -2.10. The first kappa shape index (κ1) is 12.8. The summed E-state index contributed by atoms with van der Waals surface area (Å²) in [7, 11) is 0. The Hall–Kier alpha value is -1.69. The van der Waals surface area contributed by atoms with Crippen LogP contribution in [0.5, 0.6) is 0 Å². The monoisotopic (exact) mass is 268 g/mol. The van der Waals surface area contributed by atoms with E-state index in [0.717, 1.165) is 0 Å². The van der Waals surface area contributed by atoms with Gasteiger partial charge < -0.3 is 4.57 Å². The summed E-state index contributed by atoms with van der Waals surface area (Å²) in [4.78, 5) is 10.8. The van der Waals surface area contributed by atoms with Crippen LogP contribution in [-0.2, 0) is 6.54 Å². The minimum absolute atomic E-state index is 0.0578. The molecule has 2 heterocycles. The molecule has 0 atom stereocenters. The largest absolute Gasteiger partial charge is 0.336 e. The molecule has 0 aliphatic carbocycles. The molecule has 0 N–H and O–H groups in total. The number of nitro groups is 1. The second-order valence-corrected chi connectivity index (χ2v) is 4.95. The van der Waals surface area contributed by atoms with Crippen molar-refractivity contribution >= 4 is 28.2 Å². The number of hydrogen-bond donors (Lipinski definition) is 0. The fraction of sp³-hybridized carbons (Fsp3) is 0.455. The van der Waals surface area contributed by atoms with Crippen LogP contribution in [0.4, 0.5) is 5.69 Å². The smallest absolute Gasteiger partial charge is 0.299 e. The highest BCUT2D eigenvalue weighted by atomic mass is 35.5. The van der Waals surface area contributed by atoms with Gasteiger partial charge in [-0.1, -0.05) is 25.4 Å². The quantitative estimate of drug-likeness (QED) is 0.634.